The molecule has 1 aliphatic heterocycles. The maximum absolute atomic E-state index is 12.4. The molecule has 2 aromatic rings. The van der Waals surface area contributed by atoms with Crippen LogP contribution in [0.25, 0.3) is 0 Å². The summed E-state index contributed by atoms with van der Waals surface area (Å²) >= 11 is 0. The van der Waals surface area contributed by atoms with Crippen molar-refractivity contribution >= 4 is 11.9 Å². The molecule has 1 aliphatic rings. The quantitative estimate of drug-likeness (QED) is 0.801. The zero-order valence-corrected chi connectivity index (χ0v) is 10.0. The third kappa shape index (κ3) is 1.69. The van der Waals surface area contributed by atoms with Crippen LogP contribution in [0.5, 0.6) is 0 Å². The van der Waals surface area contributed by atoms with Crippen LogP contribution in [0.3, 0.4) is 0 Å². The van der Waals surface area contributed by atoms with Gasteiger partial charge in [0.05, 0.1) is 1.37 Å². The van der Waals surface area contributed by atoms with Crippen LogP contribution in [-0.2, 0) is 10.3 Å². The van der Waals surface area contributed by atoms with Gasteiger partial charge in [-0.1, -0.05) is 60.6 Å². The second kappa shape index (κ2) is 4.24. The summed E-state index contributed by atoms with van der Waals surface area (Å²) in [6.07, 6.45) is 0. The smallest absolute Gasteiger partial charge is 0.316 e. The van der Waals surface area contributed by atoms with Crippen molar-refractivity contribution in [3.8, 4) is 0 Å². The van der Waals surface area contributed by atoms with Crippen LogP contribution in [0, 0.1) is 0 Å². The van der Waals surface area contributed by atoms with Gasteiger partial charge in [0.15, 0.2) is 5.54 Å². The van der Waals surface area contributed by atoms with Gasteiger partial charge in [-0.3, -0.25) is 10.1 Å². The fraction of sp³-hybridized carbons (Fsp3) is 0.0667. The fourth-order valence-electron chi connectivity index (χ4n) is 2.35. The molecule has 2 aromatic carbocycles. The average molecular weight is 253 g/mol. The molecule has 0 radical (unpaired) electrons. The minimum atomic E-state index is -1.23. The second-order valence-electron chi connectivity index (χ2n) is 4.31. The molecule has 0 aromatic heterocycles. The number of benzene rings is 2. The van der Waals surface area contributed by atoms with E-state index in [4.69, 9.17) is 1.37 Å². The van der Waals surface area contributed by atoms with E-state index in [1.807, 2.05) is 18.2 Å². The average Bonchev–Trinajstić information content (AvgIpc) is 2.76. The van der Waals surface area contributed by atoms with Gasteiger partial charge in [-0.25, -0.2) is 4.79 Å². The van der Waals surface area contributed by atoms with Gasteiger partial charge in [0.2, 0.25) is 0 Å². The molecule has 19 heavy (non-hydrogen) atoms. The van der Waals surface area contributed by atoms with Gasteiger partial charge < -0.3 is 5.32 Å². The first-order chi connectivity index (χ1) is 9.63. The van der Waals surface area contributed by atoms with Gasteiger partial charge in [-0.2, -0.15) is 0 Å². The van der Waals surface area contributed by atoms with Gasteiger partial charge in [0.25, 0.3) is 5.91 Å². The topological polar surface area (TPSA) is 58.2 Å². The van der Waals surface area contributed by atoms with Crippen LogP contribution in [0.15, 0.2) is 60.6 Å². The van der Waals surface area contributed by atoms with Gasteiger partial charge in [0, 0.05) is 0 Å². The third-order valence-electron chi connectivity index (χ3n) is 3.23. The summed E-state index contributed by atoms with van der Waals surface area (Å²) in [6.45, 7) is 0. The molecule has 0 aliphatic carbocycles. The molecule has 4 heteroatoms. The van der Waals surface area contributed by atoms with Crippen molar-refractivity contribution in [2.24, 2.45) is 0 Å². The Hall–Kier alpha value is -2.62. The number of nitrogens with one attached hydrogen (secondary N) is 2. The standard InChI is InChI=1S/C15H12N2O2/c18-13-15(17-14(19)16-13,11-7-3-1-4-8-11)12-9-5-2-6-10-12/h1-10H,(H2,16,17,18,19)/i1D/t15-/m1/s1. The Kier molecular flexibility index (Phi) is 2.30. The zero-order valence-electron chi connectivity index (χ0n) is 11.0. The molecule has 1 heterocycles. The molecule has 0 saturated carbocycles. The molecule has 4 nitrogen and oxygen atoms in total. The van der Waals surface area contributed by atoms with Crippen molar-refractivity contribution in [3.63, 3.8) is 0 Å². The lowest BCUT2D eigenvalue weighted by molar-refractivity contribution is -0.122. The van der Waals surface area contributed by atoms with E-state index in [-0.39, 0.29) is 0 Å². The highest BCUT2D eigenvalue weighted by Gasteiger charge is 2.48. The minimum absolute atomic E-state index is 0.349. The Morgan fingerprint density at radius 2 is 1.47 bits per heavy atom. The lowest BCUT2D eigenvalue weighted by Gasteiger charge is -2.27. The van der Waals surface area contributed by atoms with E-state index in [2.05, 4.69) is 10.6 Å². The summed E-state index contributed by atoms with van der Waals surface area (Å²) in [5.41, 5.74) is 0.0793. The Morgan fingerprint density at radius 3 is 2.00 bits per heavy atom. The minimum Gasteiger partial charge on any atom is -0.316 e. The molecule has 1 saturated heterocycles. The normalized spacial score (nSPS) is 22.6. The first-order valence-corrected chi connectivity index (χ1v) is 5.89. The third-order valence-corrected chi connectivity index (χ3v) is 3.23. The van der Waals surface area contributed by atoms with Crippen LogP contribution in [0.2, 0.25) is 0 Å². The molecule has 3 rings (SSSR count). The molecule has 94 valence electrons. The number of amides is 3. The highest BCUT2D eigenvalue weighted by molar-refractivity contribution is 6.09. The van der Waals surface area contributed by atoms with E-state index in [0.29, 0.717) is 17.2 Å². The number of carbonyl (C=O) groups excluding carboxylic acids is 2. The van der Waals surface area contributed by atoms with Gasteiger partial charge in [0.1, 0.15) is 0 Å². The molecule has 0 unspecified atom stereocenters. The van der Waals surface area contributed by atoms with Crippen molar-refractivity contribution in [2.45, 2.75) is 5.54 Å². The molecular weight excluding hydrogens is 240 g/mol. The number of imide groups is 1. The Bertz CT molecular complexity index is 670. The summed E-state index contributed by atoms with van der Waals surface area (Å²) in [4.78, 5) is 24.0. The largest absolute Gasteiger partial charge is 0.322 e. The van der Waals surface area contributed by atoms with Crippen LogP contribution >= 0.6 is 0 Å². The summed E-state index contributed by atoms with van der Waals surface area (Å²) in [6, 6.07) is 15.4. The Balaban J connectivity index is 2.21. The molecular formula is C15H12N2O2. The summed E-state index contributed by atoms with van der Waals surface area (Å²) < 4.78 is 7.53. The Morgan fingerprint density at radius 1 is 0.895 bits per heavy atom. The van der Waals surface area contributed by atoms with Crippen molar-refractivity contribution in [1.82, 2.24) is 10.6 Å². The van der Waals surface area contributed by atoms with E-state index in [1.165, 1.54) is 0 Å². The molecule has 3 amide bonds. The van der Waals surface area contributed by atoms with E-state index < -0.39 is 17.5 Å². The predicted octanol–water partition coefficient (Wildman–Crippen LogP) is 1.77. The lowest BCUT2D eigenvalue weighted by Crippen LogP contribution is -2.44. The summed E-state index contributed by atoms with van der Waals surface area (Å²) in [7, 11) is 0. The van der Waals surface area contributed by atoms with Crippen LogP contribution in [-0.4, -0.2) is 11.9 Å². The maximum atomic E-state index is 12.4. The van der Waals surface area contributed by atoms with Crippen molar-refractivity contribution in [1.29, 1.82) is 0 Å². The first kappa shape index (κ1) is 10.3. The Labute approximate surface area is 111 Å². The number of carbonyl (C=O) groups is 2. The van der Waals surface area contributed by atoms with Crippen molar-refractivity contribution < 1.29 is 11.0 Å². The van der Waals surface area contributed by atoms with Crippen LogP contribution in [0.4, 0.5) is 4.79 Å². The summed E-state index contributed by atoms with van der Waals surface area (Å²) in [5.74, 6) is -0.411. The van der Waals surface area contributed by atoms with Gasteiger partial charge in [-0.05, 0) is 11.1 Å². The van der Waals surface area contributed by atoms with E-state index in [1.54, 1.807) is 36.4 Å². The van der Waals surface area contributed by atoms with Crippen molar-refractivity contribution in [3.05, 3.63) is 71.8 Å². The lowest BCUT2D eigenvalue weighted by atomic mass is 9.83. The molecule has 1 atom stereocenters. The van der Waals surface area contributed by atoms with Gasteiger partial charge in [-0.15, -0.1) is 0 Å². The zero-order chi connectivity index (χ0) is 14.2. The number of hydrogen-bond donors (Lipinski definition) is 2. The van der Waals surface area contributed by atoms with Crippen molar-refractivity contribution in [2.75, 3.05) is 0 Å². The highest BCUT2D eigenvalue weighted by Crippen LogP contribution is 2.32. The predicted molar refractivity (Wildman–Crippen MR) is 70.3 cm³/mol. The highest BCUT2D eigenvalue weighted by atomic mass is 16.2. The van der Waals surface area contributed by atoms with Gasteiger partial charge >= 0.3 is 6.03 Å². The molecule has 0 spiro atoms. The second-order valence-corrected chi connectivity index (χ2v) is 4.31. The SMILES string of the molecule is [2H]c1ccc([C@]2(c3ccccc3)NC(=O)NC2=O)cc1. The van der Waals surface area contributed by atoms with E-state index in [0.717, 1.165) is 0 Å². The van der Waals surface area contributed by atoms with E-state index >= 15 is 0 Å². The summed E-state index contributed by atoms with van der Waals surface area (Å²) in [5, 5.41) is 4.99. The van der Waals surface area contributed by atoms with Crippen LogP contribution < -0.4 is 10.6 Å². The fourth-order valence-corrected chi connectivity index (χ4v) is 2.35. The molecule has 1 fully saturated rings. The monoisotopic (exact) mass is 253 g/mol. The first-order valence-electron chi connectivity index (χ1n) is 6.39. The number of urea groups is 1. The number of hydrogen-bond acceptors (Lipinski definition) is 2. The van der Waals surface area contributed by atoms with Crippen LogP contribution in [0.1, 0.15) is 12.5 Å². The molecule has 0 bridgehead atoms. The molecule has 2 N–H and O–H groups in total. The maximum Gasteiger partial charge on any atom is 0.322 e. The number of rotatable bonds is 2. The van der Waals surface area contributed by atoms with E-state index in [9.17, 15) is 9.59 Å².